The number of hydrogen-bond acceptors (Lipinski definition) is 2. The topological polar surface area (TPSA) is 21.3 Å². The van der Waals surface area contributed by atoms with Crippen molar-refractivity contribution >= 4 is 0 Å². The molecule has 1 aromatic rings. The van der Waals surface area contributed by atoms with Crippen molar-refractivity contribution in [2.75, 3.05) is 6.54 Å². The van der Waals surface area contributed by atoms with Crippen LogP contribution in [0.3, 0.4) is 0 Å². The van der Waals surface area contributed by atoms with Crippen LogP contribution in [0.25, 0.3) is 0 Å². The molecule has 2 nitrogen and oxygen atoms in total. The van der Waals surface area contributed by atoms with Gasteiger partial charge in [-0.05, 0) is 51.1 Å². The minimum Gasteiger partial charge on any atom is -0.375 e. The molecule has 1 heterocycles. The van der Waals surface area contributed by atoms with Crippen molar-refractivity contribution in [1.29, 1.82) is 0 Å². The first-order chi connectivity index (χ1) is 9.29. The summed E-state index contributed by atoms with van der Waals surface area (Å²) in [6.45, 7) is 5.49. The lowest BCUT2D eigenvalue weighted by Crippen LogP contribution is -2.23. The van der Waals surface area contributed by atoms with Gasteiger partial charge in [-0.3, -0.25) is 0 Å². The van der Waals surface area contributed by atoms with Crippen molar-refractivity contribution in [2.24, 2.45) is 0 Å². The van der Waals surface area contributed by atoms with Crippen LogP contribution < -0.4 is 5.32 Å². The van der Waals surface area contributed by atoms with E-state index >= 15 is 0 Å². The monoisotopic (exact) mass is 261 g/mol. The molecule has 106 valence electrons. The molecule has 1 aliphatic rings. The predicted molar refractivity (Wildman–Crippen MR) is 80.3 cm³/mol. The van der Waals surface area contributed by atoms with E-state index in [0.29, 0.717) is 18.2 Å². The average molecular weight is 261 g/mol. The van der Waals surface area contributed by atoms with Crippen molar-refractivity contribution in [3.8, 4) is 0 Å². The summed E-state index contributed by atoms with van der Waals surface area (Å²) in [5.74, 6) is 0. The number of ether oxygens (including phenoxy) is 1. The zero-order valence-electron chi connectivity index (χ0n) is 12.3. The molecule has 0 spiro atoms. The van der Waals surface area contributed by atoms with Gasteiger partial charge in [0.2, 0.25) is 0 Å². The van der Waals surface area contributed by atoms with E-state index in [1.165, 1.54) is 37.7 Å². The fourth-order valence-electron chi connectivity index (χ4n) is 2.84. The lowest BCUT2D eigenvalue weighted by Gasteiger charge is -2.21. The molecule has 1 saturated heterocycles. The van der Waals surface area contributed by atoms with E-state index < -0.39 is 0 Å². The molecular formula is C17H27NO. The summed E-state index contributed by atoms with van der Waals surface area (Å²) in [5, 5.41) is 3.67. The predicted octanol–water partition coefficient (Wildman–Crippen LogP) is 4.08. The van der Waals surface area contributed by atoms with Crippen molar-refractivity contribution < 1.29 is 4.74 Å². The van der Waals surface area contributed by atoms with E-state index in [-0.39, 0.29) is 0 Å². The van der Waals surface area contributed by atoms with Gasteiger partial charge in [0.05, 0.1) is 12.2 Å². The van der Waals surface area contributed by atoms with E-state index in [4.69, 9.17) is 4.74 Å². The third-order valence-electron chi connectivity index (χ3n) is 3.94. The van der Waals surface area contributed by atoms with Crippen molar-refractivity contribution in [2.45, 2.75) is 64.2 Å². The molecular weight excluding hydrogens is 234 g/mol. The van der Waals surface area contributed by atoms with Crippen LogP contribution in [0.1, 0.15) is 57.6 Å². The molecule has 0 bridgehead atoms. The highest BCUT2D eigenvalue weighted by Crippen LogP contribution is 2.26. The van der Waals surface area contributed by atoms with Crippen LogP contribution in [0.5, 0.6) is 0 Å². The first kappa shape index (κ1) is 14.5. The van der Waals surface area contributed by atoms with Crippen molar-refractivity contribution in [3.05, 3.63) is 35.9 Å². The van der Waals surface area contributed by atoms with Crippen LogP contribution in [0.2, 0.25) is 0 Å². The first-order valence-electron chi connectivity index (χ1n) is 7.73. The summed E-state index contributed by atoms with van der Waals surface area (Å²) >= 11 is 0. The molecule has 0 radical (unpaired) electrons. The van der Waals surface area contributed by atoms with E-state index in [0.717, 1.165) is 6.54 Å². The number of rotatable bonds is 7. The zero-order valence-corrected chi connectivity index (χ0v) is 12.3. The highest BCUT2D eigenvalue weighted by atomic mass is 16.5. The van der Waals surface area contributed by atoms with Gasteiger partial charge in [-0.25, -0.2) is 0 Å². The molecule has 0 amide bonds. The van der Waals surface area contributed by atoms with Crippen LogP contribution >= 0.6 is 0 Å². The highest BCUT2D eigenvalue weighted by molar-refractivity contribution is 5.18. The lowest BCUT2D eigenvalue weighted by molar-refractivity contribution is 0.0481. The molecule has 19 heavy (non-hydrogen) atoms. The Balaban J connectivity index is 1.87. The second kappa shape index (κ2) is 7.66. The molecule has 0 saturated carbocycles. The Kier molecular flexibility index (Phi) is 5.87. The van der Waals surface area contributed by atoms with Crippen LogP contribution in [-0.2, 0) is 4.74 Å². The van der Waals surface area contributed by atoms with Gasteiger partial charge in [0.1, 0.15) is 0 Å². The van der Waals surface area contributed by atoms with Gasteiger partial charge in [-0.1, -0.05) is 37.3 Å². The van der Waals surface area contributed by atoms with Gasteiger partial charge < -0.3 is 10.1 Å². The van der Waals surface area contributed by atoms with E-state index in [1.54, 1.807) is 0 Å². The summed E-state index contributed by atoms with van der Waals surface area (Å²) in [6, 6.07) is 11.3. The molecule has 0 aliphatic carbocycles. The maximum absolute atomic E-state index is 5.92. The Morgan fingerprint density at radius 1 is 1.26 bits per heavy atom. The van der Waals surface area contributed by atoms with E-state index in [1.807, 2.05) is 0 Å². The molecule has 2 heteroatoms. The lowest BCUT2D eigenvalue weighted by atomic mass is 9.99. The van der Waals surface area contributed by atoms with Crippen LogP contribution in [-0.4, -0.2) is 18.8 Å². The molecule has 2 rings (SSSR count). The van der Waals surface area contributed by atoms with Crippen LogP contribution in [0, 0.1) is 0 Å². The Morgan fingerprint density at radius 2 is 2.05 bits per heavy atom. The largest absolute Gasteiger partial charge is 0.375 e. The maximum atomic E-state index is 5.92. The first-order valence-corrected chi connectivity index (χ1v) is 7.73. The quantitative estimate of drug-likeness (QED) is 0.798. The Labute approximate surface area is 117 Å². The molecule has 1 aliphatic heterocycles. The van der Waals surface area contributed by atoms with Gasteiger partial charge in [-0.2, -0.15) is 0 Å². The maximum Gasteiger partial charge on any atom is 0.0580 e. The number of benzene rings is 1. The third kappa shape index (κ3) is 4.63. The summed E-state index contributed by atoms with van der Waals surface area (Å²) in [7, 11) is 0. The molecule has 3 unspecified atom stereocenters. The summed E-state index contributed by atoms with van der Waals surface area (Å²) in [6.07, 6.45) is 6.91. The van der Waals surface area contributed by atoms with Gasteiger partial charge >= 0.3 is 0 Å². The highest BCUT2D eigenvalue weighted by Gasteiger charge is 2.22. The minimum absolute atomic E-state index is 0.462. The Bertz CT molecular complexity index is 352. The second-order valence-electron chi connectivity index (χ2n) is 5.64. The van der Waals surface area contributed by atoms with Gasteiger partial charge in [0.15, 0.2) is 0 Å². The van der Waals surface area contributed by atoms with E-state index in [9.17, 15) is 0 Å². The zero-order chi connectivity index (χ0) is 13.5. The van der Waals surface area contributed by atoms with E-state index in [2.05, 4.69) is 49.5 Å². The van der Waals surface area contributed by atoms with Gasteiger partial charge in [0.25, 0.3) is 0 Å². The normalized spacial score (nSPS) is 24.5. The SMILES string of the molecule is CCCNC(CCC1CCC(C)O1)c1ccccc1. The third-order valence-corrected chi connectivity index (χ3v) is 3.94. The molecule has 0 aromatic heterocycles. The molecule has 3 atom stereocenters. The smallest absolute Gasteiger partial charge is 0.0580 e. The van der Waals surface area contributed by atoms with Crippen LogP contribution in [0.4, 0.5) is 0 Å². The fourth-order valence-corrected chi connectivity index (χ4v) is 2.84. The summed E-state index contributed by atoms with van der Waals surface area (Å²) in [4.78, 5) is 0. The summed E-state index contributed by atoms with van der Waals surface area (Å²) in [5.41, 5.74) is 1.40. The van der Waals surface area contributed by atoms with Crippen LogP contribution in [0.15, 0.2) is 30.3 Å². The standard InChI is InChI=1S/C17H27NO/c1-3-13-18-17(15-7-5-4-6-8-15)12-11-16-10-9-14(2)19-16/h4-8,14,16-18H,3,9-13H2,1-2H3. The average Bonchev–Trinajstić information content (AvgIpc) is 2.86. The van der Waals surface area contributed by atoms with Crippen molar-refractivity contribution in [1.82, 2.24) is 5.32 Å². The van der Waals surface area contributed by atoms with Gasteiger partial charge in [0, 0.05) is 6.04 Å². The van der Waals surface area contributed by atoms with Crippen molar-refractivity contribution in [3.63, 3.8) is 0 Å². The minimum atomic E-state index is 0.462. The van der Waals surface area contributed by atoms with Gasteiger partial charge in [-0.15, -0.1) is 0 Å². The number of nitrogens with one attached hydrogen (secondary N) is 1. The number of hydrogen-bond donors (Lipinski definition) is 1. The fraction of sp³-hybridized carbons (Fsp3) is 0.647. The Morgan fingerprint density at radius 3 is 2.68 bits per heavy atom. The molecule has 1 N–H and O–H groups in total. The second-order valence-corrected chi connectivity index (χ2v) is 5.64. The molecule has 1 fully saturated rings. The Hall–Kier alpha value is -0.860. The summed E-state index contributed by atoms with van der Waals surface area (Å²) < 4.78 is 5.92. The molecule has 1 aromatic carbocycles.